The molecular weight excluding hydrogens is 404 g/mol. The van der Waals surface area contributed by atoms with E-state index in [4.69, 9.17) is 4.52 Å². The first-order chi connectivity index (χ1) is 14.3. The van der Waals surface area contributed by atoms with E-state index < -0.39 is 10.0 Å². The van der Waals surface area contributed by atoms with Crippen molar-refractivity contribution in [3.63, 3.8) is 0 Å². The van der Waals surface area contributed by atoms with Gasteiger partial charge in [0.05, 0.1) is 0 Å². The molecule has 0 aliphatic carbocycles. The zero-order valence-corrected chi connectivity index (χ0v) is 18.9. The van der Waals surface area contributed by atoms with Crippen molar-refractivity contribution in [2.45, 2.75) is 39.0 Å². The minimum Gasteiger partial charge on any atom is -0.372 e. The van der Waals surface area contributed by atoms with E-state index in [2.05, 4.69) is 23.9 Å². The van der Waals surface area contributed by atoms with Crippen molar-refractivity contribution in [1.82, 2.24) is 14.4 Å². The number of hydrogen-bond donors (Lipinski definition) is 0. The molecular formula is C21H30N4O4S. The molecule has 0 saturated carbocycles. The third kappa shape index (κ3) is 4.37. The quantitative estimate of drug-likeness (QED) is 0.695. The van der Waals surface area contributed by atoms with Crippen molar-refractivity contribution in [2.75, 3.05) is 44.2 Å². The highest BCUT2D eigenvalue weighted by atomic mass is 32.2. The Hall–Kier alpha value is -2.39. The normalized spacial score (nSPS) is 15.8. The van der Waals surface area contributed by atoms with E-state index in [1.165, 1.54) is 4.31 Å². The van der Waals surface area contributed by atoms with Gasteiger partial charge >= 0.3 is 0 Å². The average molecular weight is 435 g/mol. The predicted molar refractivity (Wildman–Crippen MR) is 115 cm³/mol. The van der Waals surface area contributed by atoms with Crippen molar-refractivity contribution in [3.8, 4) is 0 Å². The van der Waals surface area contributed by atoms with Crippen LogP contribution in [-0.4, -0.2) is 68.0 Å². The highest BCUT2D eigenvalue weighted by Gasteiger charge is 2.33. The Morgan fingerprint density at radius 3 is 2.30 bits per heavy atom. The maximum atomic E-state index is 13.1. The van der Waals surface area contributed by atoms with Crippen molar-refractivity contribution >= 4 is 21.6 Å². The van der Waals surface area contributed by atoms with E-state index in [1.54, 1.807) is 18.7 Å². The molecule has 1 fully saturated rings. The molecule has 2 heterocycles. The molecule has 30 heavy (non-hydrogen) atoms. The number of carbonyl (C=O) groups excluding carboxylic acids is 1. The number of benzene rings is 1. The van der Waals surface area contributed by atoms with Gasteiger partial charge in [0.2, 0.25) is 10.0 Å². The highest BCUT2D eigenvalue weighted by Crippen LogP contribution is 2.24. The summed E-state index contributed by atoms with van der Waals surface area (Å²) in [6.45, 7) is 10.7. The maximum Gasteiger partial charge on any atom is 0.253 e. The van der Waals surface area contributed by atoms with Crippen molar-refractivity contribution in [3.05, 3.63) is 41.3 Å². The molecule has 0 N–H and O–H groups in total. The highest BCUT2D eigenvalue weighted by molar-refractivity contribution is 7.89. The van der Waals surface area contributed by atoms with Crippen LogP contribution in [0.3, 0.4) is 0 Å². The monoisotopic (exact) mass is 434 g/mol. The van der Waals surface area contributed by atoms with Crippen LogP contribution in [0.25, 0.3) is 0 Å². The van der Waals surface area contributed by atoms with Gasteiger partial charge in [-0.25, -0.2) is 8.42 Å². The second-order valence-electron chi connectivity index (χ2n) is 7.42. The van der Waals surface area contributed by atoms with Crippen LogP contribution in [0.5, 0.6) is 0 Å². The van der Waals surface area contributed by atoms with Gasteiger partial charge in [0.15, 0.2) is 5.76 Å². The van der Waals surface area contributed by atoms with Gasteiger partial charge in [-0.2, -0.15) is 4.31 Å². The Labute approximate surface area is 178 Å². The first kappa shape index (κ1) is 22.3. The summed E-state index contributed by atoms with van der Waals surface area (Å²) in [5.74, 6) is 0.218. The molecule has 8 nitrogen and oxygen atoms in total. The Morgan fingerprint density at radius 2 is 1.73 bits per heavy atom. The summed E-state index contributed by atoms with van der Waals surface area (Å²) < 4.78 is 32.6. The summed E-state index contributed by atoms with van der Waals surface area (Å²) in [7, 11) is -3.70. The van der Waals surface area contributed by atoms with Crippen LogP contribution in [0, 0.1) is 13.8 Å². The molecule has 0 spiro atoms. The van der Waals surface area contributed by atoms with Gasteiger partial charge in [0.1, 0.15) is 10.6 Å². The van der Waals surface area contributed by atoms with Gasteiger partial charge in [-0.1, -0.05) is 5.16 Å². The number of rotatable bonds is 6. The zero-order chi connectivity index (χ0) is 21.9. The number of nitrogens with zero attached hydrogens (tertiary/aromatic N) is 4. The fourth-order valence-corrected chi connectivity index (χ4v) is 5.66. The van der Waals surface area contributed by atoms with Gasteiger partial charge in [-0.15, -0.1) is 0 Å². The van der Waals surface area contributed by atoms with E-state index in [0.29, 0.717) is 37.3 Å². The second-order valence-corrected chi connectivity index (χ2v) is 9.30. The van der Waals surface area contributed by atoms with Crippen LogP contribution in [-0.2, 0) is 10.0 Å². The zero-order valence-electron chi connectivity index (χ0n) is 18.1. The second kappa shape index (κ2) is 9.18. The Kier molecular flexibility index (Phi) is 6.82. The summed E-state index contributed by atoms with van der Waals surface area (Å²) in [5.41, 5.74) is 2.06. The van der Waals surface area contributed by atoms with E-state index in [9.17, 15) is 13.2 Å². The summed E-state index contributed by atoms with van der Waals surface area (Å²) in [5, 5.41) is 3.77. The molecule has 1 amide bonds. The molecule has 0 atom stereocenters. The fourth-order valence-electron chi connectivity index (χ4n) is 3.90. The number of carbonyl (C=O) groups is 1. The average Bonchev–Trinajstić information content (AvgIpc) is 2.94. The number of aromatic nitrogens is 1. The lowest BCUT2D eigenvalue weighted by molar-refractivity contribution is 0.0764. The molecule has 0 bridgehead atoms. The van der Waals surface area contributed by atoms with E-state index in [0.717, 1.165) is 18.8 Å². The van der Waals surface area contributed by atoms with Crippen LogP contribution in [0.2, 0.25) is 0 Å². The lowest BCUT2D eigenvalue weighted by Gasteiger charge is -2.23. The molecule has 0 unspecified atom stereocenters. The molecule has 3 rings (SSSR count). The SMILES string of the molecule is CCN(CC)c1ccc(C(=O)N2CCCN(S(=O)(=O)c3c(C)noc3C)CC2)cc1. The smallest absolute Gasteiger partial charge is 0.253 e. The molecule has 0 radical (unpaired) electrons. The Bertz CT molecular complexity index is 961. The molecule has 1 aliphatic rings. The molecule has 1 aromatic carbocycles. The van der Waals surface area contributed by atoms with Crippen LogP contribution in [0.15, 0.2) is 33.7 Å². The van der Waals surface area contributed by atoms with Gasteiger partial charge < -0.3 is 14.3 Å². The minimum atomic E-state index is -3.70. The van der Waals surface area contributed by atoms with Gasteiger partial charge in [0.25, 0.3) is 5.91 Å². The van der Waals surface area contributed by atoms with E-state index in [1.807, 2.05) is 24.3 Å². The van der Waals surface area contributed by atoms with Crippen LogP contribution < -0.4 is 4.90 Å². The van der Waals surface area contributed by atoms with Crippen molar-refractivity contribution in [1.29, 1.82) is 0 Å². The van der Waals surface area contributed by atoms with E-state index >= 15 is 0 Å². The minimum absolute atomic E-state index is 0.0716. The first-order valence-corrected chi connectivity index (χ1v) is 11.8. The van der Waals surface area contributed by atoms with Gasteiger partial charge in [-0.3, -0.25) is 4.79 Å². The fraction of sp³-hybridized carbons (Fsp3) is 0.524. The van der Waals surface area contributed by atoms with Crippen molar-refractivity contribution < 1.29 is 17.7 Å². The van der Waals surface area contributed by atoms with Crippen LogP contribution in [0.1, 0.15) is 42.1 Å². The lowest BCUT2D eigenvalue weighted by Crippen LogP contribution is -2.37. The number of hydrogen-bond acceptors (Lipinski definition) is 6. The van der Waals surface area contributed by atoms with Crippen LogP contribution >= 0.6 is 0 Å². The standard InChI is InChI=1S/C21H30N4O4S/c1-5-23(6-2)19-10-8-18(9-11-19)21(26)24-12-7-13-25(15-14-24)30(27,28)20-16(3)22-29-17(20)4/h8-11H,5-7,12-15H2,1-4H3. The summed E-state index contributed by atoms with van der Waals surface area (Å²) in [6.07, 6.45) is 0.575. The van der Waals surface area contributed by atoms with Crippen molar-refractivity contribution in [2.24, 2.45) is 0 Å². The lowest BCUT2D eigenvalue weighted by atomic mass is 10.1. The van der Waals surface area contributed by atoms with Gasteiger partial charge in [-0.05, 0) is 58.4 Å². The molecule has 9 heteroatoms. The maximum absolute atomic E-state index is 13.1. The third-order valence-corrected chi connectivity index (χ3v) is 7.69. The third-order valence-electron chi connectivity index (χ3n) is 5.55. The molecule has 1 aliphatic heterocycles. The van der Waals surface area contributed by atoms with Crippen LogP contribution in [0.4, 0.5) is 5.69 Å². The topological polar surface area (TPSA) is 87.0 Å². The first-order valence-electron chi connectivity index (χ1n) is 10.4. The number of sulfonamides is 1. The largest absolute Gasteiger partial charge is 0.372 e. The number of anilines is 1. The number of amides is 1. The summed E-state index contributed by atoms with van der Waals surface area (Å²) >= 11 is 0. The van der Waals surface area contributed by atoms with Gasteiger partial charge in [0, 0.05) is 50.5 Å². The molecule has 2 aromatic rings. The molecule has 1 saturated heterocycles. The van der Waals surface area contributed by atoms with E-state index in [-0.39, 0.29) is 23.1 Å². The molecule has 1 aromatic heterocycles. The Balaban J connectivity index is 1.71. The Morgan fingerprint density at radius 1 is 1.07 bits per heavy atom. The summed E-state index contributed by atoms with van der Waals surface area (Å²) in [6, 6.07) is 7.62. The predicted octanol–water partition coefficient (Wildman–Crippen LogP) is 2.67. The summed E-state index contributed by atoms with van der Waals surface area (Å²) in [4.78, 5) is 17.1. The number of aryl methyl sites for hydroxylation is 2. The molecule has 164 valence electrons.